The molecule has 2 aliphatic heterocycles. The van der Waals surface area contributed by atoms with Gasteiger partial charge in [-0.2, -0.15) is 4.99 Å². The average molecular weight is 422 g/mol. The number of benzene rings is 2. The van der Waals surface area contributed by atoms with Gasteiger partial charge in [-0.1, -0.05) is 35.9 Å². The summed E-state index contributed by atoms with van der Waals surface area (Å²) in [5.41, 5.74) is 3.43. The lowest BCUT2D eigenvalue weighted by Gasteiger charge is -2.36. The van der Waals surface area contributed by atoms with E-state index in [4.69, 9.17) is 4.74 Å². The Morgan fingerprint density at radius 1 is 1.00 bits per heavy atom. The predicted molar refractivity (Wildman–Crippen MR) is 125 cm³/mol. The molecule has 2 heterocycles. The molecule has 1 amide bonds. The van der Waals surface area contributed by atoms with Crippen molar-refractivity contribution in [1.29, 1.82) is 0 Å². The van der Waals surface area contributed by atoms with Crippen molar-refractivity contribution in [2.45, 2.75) is 26.9 Å². The van der Waals surface area contributed by atoms with Crippen LogP contribution in [0.25, 0.3) is 6.08 Å². The fraction of sp³-hybridized carbons (Fsp3) is 0.333. The second-order valence-electron chi connectivity index (χ2n) is 7.82. The Morgan fingerprint density at radius 3 is 2.37 bits per heavy atom. The number of para-hydroxylation sites is 1. The molecule has 156 valence electrons. The zero-order valence-corrected chi connectivity index (χ0v) is 18.5. The van der Waals surface area contributed by atoms with Gasteiger partial charge in [0.1, 0.15) is 5.75 Å². The van der Waals surface area contributed by atoms with E-state index in [0.717, 1.165) is 42.7 Å². The highest BCUT2D eigenvalue weighted by Gasteiger charge is 2.28. The van der Waals surface area contributed by atoms with Gasteiger partial charge in [0.2, 0.25) is 0 Å². The van der Waals surface area contributed by atoms with Gasteiger partial charge in [-0.15, -0.1) is 0 Å². The van der Waals surface area contributed by atoms with Crippen molar-refractivity contribution in [3.63, 3.8) is 0 Å². The molecule has 5 nitrogen and oxygen atoms in total. The third-order valence-electron chi connectivity index (χ3n) is 5.13. The molecule has 6 heteroatoms. The maximum Gasteiger partial charge on any atom is 0.286 e. The Kier molecular flexibility index (Phi) is 6.13. The van der Waals surface area contributed by atoms with Gasteiger partial charge in [0.15, 0.2) is 5.17 Å². The number of carbonyl (C=O) groups excluding carboxylic acids is 1. The van der Waals surface area contributed by atoms with Crippen LogP contribution in [0.1, 0.15) is 25.0 Å². The molecule has 1 fully saturated rings. The first kappa shape index (κ1) is 20.5. The normalized spacial score (nSPS) is 18.3. The standard InChI is InChI=1S/C24H27N3O2S/c1-17(2)29-21-7-5-4-6-19(21)16-22-23(28)25-24(30-22)27-14-12-26(13-15-27)20-10-8-18(3)9-11-20/h4-11,16-17H,12-15H2,1-3H3/b22-16-. The van der Waals surface area contributed by atoms with Crippen molar-refractivity contribution < 1.29 is 9.53 Å². The Labute approximate surface area is 182 Å². The molecule has 4 rings (SSSR count). The minimum atomic E-state index is -0.171. The van der Waals surface area contributed by atoms with E-state index in [0.29, 0.717) is 4.91 Å². The fourth-order valence-electron chi connectivity index (χ4n) is 3.55. The number of anilines is 1. The summed E-state index contributed by atoms with van der Waals surface area (Å²) in [6, 6.07) is 16.4. The van der Waals surface area contributed by atoms with Crippen molar-refractivity contribution in [2.75, 3.05) is 31.1 Å². The largest absolute Gasteiger partial charge is 0.490 e. The van der Waals surface area contributed by atoms with Crippen LogP contribution in [0.3, 0.4) is 0 Å². The highest BCUT2D eigenvalue weighted by molar-refractivity contribution is 8.18. The molecule has 0 bridgehead atoms. The number of piperazine rings is 1. The number of aliphatic imine (C=N–C) groups is 1. The van der Waals surface area contributed by atoms with Gasteiger partial charge in [-0.3, -0.25) is 4.79 Å². The molecule has 0 N–H and O–H groups in total. The van der Waals surface area contributed by atoms with E-state index in [-0.39, 0.29) is 12.0 Å². The van der Waals surface area contributed by atoms with Crippen molar-refractivity contribution in [2.24, 2.45) is 4.99 Å². The molecule has 30 heavy (non-hydrogen) atoms. The molecule has 0 unspecified atom stereocenters. The Bertz CT molecular complexity index is 974. The molecule has 0 atom stereocenters. The molecule has 2 aromatic rings. The summed E-state index contributed by atoms with van der Waals surface area (Å²) in [6.07, 6.45) is 1.97. The first-order chi connectivity index (χ1) is 14.5. The lowest BCUT2D eigenvalue weighted by Crippen LogP contribution is -2.47. The third-order valence-corrected chi connectivity index (χ3v) is 6.17. The van der Waals surface area contributed by atoms with Crippen molar-refractivity contribution in [3.05, 3.63) is 64.6 Å². The summed E-state index contributed by atoms with van der Waals surface area (Å²) in [4.78, 5) is 22.1. The lowest BCUT2D eigenvalue weighted by molar-refractivity contribution is -0.113. The van der Waals surface area contributed by atoms with Crippen LogP contribution in [-0.2, 0) is 4.79 Å². The van der Waals surface area contributed by atoms with Crippen LogP contribution in [0.2, 0.25) is 0 Å². The number of aryl methyl sites for hydroxylation is 1. The van der Waals surface area contributed by atoms with Crippen molar-refractivity contribution >= 4 is 34.6 Å². The van der Waals surface area contributed by atoms with Crippen molar-refractivity contribution in [3.8, 4) is 5.75 Å². The molecule has 0 saturated carbocycles. The number of amides is 1. The smallest absolute Gasteiger partial charge is 0.286 e. The van der Waals surface area contributed by atoms with Crippen LogP contribution in [-0.4, -0.2) is 48.3 Å². The van der Waals surface area contributed by atoms with Crippen molar-refractivity contribution in [1.82, 2.24) is 4.90 Å². The zero-order chi connectivity index (χ0) is 21.1. The second-order valence-corrected chi connectivity index (χ2v) is 8.83. The summed E-state index contributed by atoms with van der Waals surface area (Å²) >= 11 is 1.46. The highest BCUT2D eigenvalue weighted by atomic mass is 32.2. The van der Waals surface area contributed by atoms with Gasteiger partial charge in [0.25, 0.3) is 5.91 Å². The molecule has 0 aromatic heterocycles. The summed E-state index contributed by atoms with van der Waals surface area (Å²) in [5.74, 6) is 0.615. The summed E-state index contributed by atoms with van der Waals surface area (Å²) in [6.45, 7) is 9.64. The SMILES string of the molecule is Cc1ccc(N2CCN(C3=NC(=O)/C(=C/c4ccccc4OC(C)C)S3)CC2)cc1. The van der Waals surface area contributed by atoms with Gasteiger partial charge < -0.3 is 14.5 Å². The number of nitrogens with zero attached hydrogens (tertiary/aromatic N) is 3. The molecular formula is C24H27N3O2S. The average Bonchev–Trinajstić information content (AvgIpc) is 3.10. The first-order valence-corrected chi connectivity index (χ1v) is 11.2. The van der Waals surface area contributed by atoms with Crippen LogP contribution in [0, 0.1) is 6.92 Å². The fourth-order valence-corrected chi connectivity index (χ4v) is 4.50. The molecule has 2 aromatic carbocycles. The number of rotatable bonds is 4. The van der Waals surface area contributed by atoms with Gasteiger partial charge in [0.05, 0.1) is 11.0 Å². The molecule has 0 radical (unpaired) electrons. The minimum absolute atomic E-state index is 0.0770. The Hall–Kier alpha value is -2.73. The molecule has 2 aliphatic rings. The van der Waals surface area contributed by atoms with Crippen LogP contribution in [0.15, 0.2) is 58.4 Å². The van der Waals surface area contributed by atoms with E-state index in [1.54, 1.807) is 0 Å². The zero-order valence-electron chi connectivity index (χ0n) is 17.7. The van der Waals surface area contributed by atoms with Gasteiger partial charge in [-0.05, 0) is 56.8 Å². The van der Waals surface area contributed by atoms with E-state index in [1.165, 1.54) is 23.0 Å². The number of hydrogen-bond donors (Lipinski definition) is 0. The Balaban J connectivity index is 1.41. The predicted octanol–water partition coefficient (Wildman–Crippen LogP) is 4.57. The van der Waals surface area contributed by atoms with E-state index in [9.17, 15) is 4.79 Å². The van der Waals surface area contributed by atoms with Gasteiger partial charge >= 0.3 is 0 Å². The van der Waals surface area contributed by atoms with Gasteiger partial charge in [-0.25, -0.2) is 0 Å². The van der Waals surface area contributed by atoms with E-state index < -0.39 is 0 Å². The topological polar surface area (TPSA) is 45.1 Å². The number of hydrogen-bond acceptors (Lipinski definition) is 5. The molecule has 0 spiro atoms. The summed E-state index contributed by atoms with van der Waals surface area (Å²) in [7, 11) is 0. The van der Waals surface area contributed by atoms with Gasteiger partial charge in [0, 0.05) is 37.4 Å². The highest BCUT2D eigenvalue weighted by Crippen LogP contribution is 2.33. The van der Waals surface area contributed by atoms with Crippen LogP contribution >= 0.6 is 11.8 Å². The maximum absolute atomic E-state index is 12.5. The first-order valence-electron chi connectivity index (χ1n) is 10.3. The molecule has 1 saturated heterocycles. The van der Waals surface area contributed by atoms with Crippen LogP contribution < -0.4 is 9.64 Å². The number of amidine groups is 1. The van der Waals surface area contributed by atoms with E-state index in [2.05, 4.69) is 46.0 Å². The molecule has 0 aliphatic carbocycles. The third kappa shape index (κ3) is 4.70. The number of ether oxygens (including phenoxy) is 1. The van der Waals surface area contributed by atoms with E-state index >= 15 is 0 Å². The minimum Gasteiger partial charge on any atom is -0.490 e. The quantitative estimate of drug-likeness (QED) is 0.677. The Morgan fingerprint density at radius 2 is 1.67 bits per heavy atom. The maximum atomic E-state index is 12.5. The summed E-state index contributed by atoms with van der Waals surface area (Å²) < 4.78 is 5.88. The van der Waals surface area contributed by atoms with Crippen LogP contribution in [0.5, 0.6) is 5.75 Å². The van der Waals surface area contributed by atoms with Crippen LogP contribution in [0.4, 0.5) is 5.69 Å². The monoisotopic (exact) mass is 421 g/mol. The number of thioether (sulfide) groups is 1. The molecular weight excluding hydrogens is 394 g/mol. The van der Waals surface area contributed by atoms with E-state index in [1.807, 2.05) is 44.2 Å². The lowest BCUT2D eigenvalue weighted by atomic mass is 10.2. The number of carbonyl (C=O) groups is 1. The second kappa shape index (κ2) is 8.96. The summed E-state index contributed by atoms with van der Waals surface area (Å²) in [5, 5.41) is 0.803.